The molecule has 1 fully saturated rings. The fraction of sp³-hybridized carbons (Fsp3) is 0.304. The highest BCUT2D eigenvalue weighted by atomic mass is 35.5. The SMILES string of the molecule is CC(C)OC(=O)c1ccc(N2C[C@@H](C(=O)OCC(=O)c3ccc(Cl)cc3)CC2=O)cc1. The van der Waals surface area contributed by atoms with Crippen LogP contribution in [0.15, 0.2) is 48.5 Å². The molecule has 1 heterocycles. The zero-order valence-electron chi connectivity index (χ0n) is 17.2. The van der Waals surface area contributed by atoms with E-state index in [1.54, 1.807) is 62.4 Å². The summed E-state index contributed by atoms with van der Waals surface area (Å²) in [6, 6.07) is 12.7. The first-order valence-electron chi connectivity index (χ1n) is 9.81. The third kappa shape index (κ3) is 5.70. The van der Waals surface area contributed by atoms with Crippen molar-refractivity contribution >= 4 is 40.9 Å². The second-order valence-corrected chi connectivity index (χ2v) is 7.88. The fourth-order valence-electron chi connectivity index (χ4n) is 3.15. The van der Waals surface area contributed by atoms with E-state index in [0.29, 0.717) is 21.8 Å². The minimum atomic E-state index is -0.670. The van der Waals surface area contributed by atoms with Crippen molar-refractivity contribution in [2.45, 2.75) is 26.4 Å². The van der Waals surface area contributed by atoms with E-state index in [-0.39, 0.29) is 30.8 Å². The van der Waals surface area contributed by atoms with Gasteiger partial charge in [-0.2, -0.15) is 0 Å². The van der Waals surface area contributed by atoms with Gasteiger partial charge < -0.3 is 14.4 Å². The number of carbonyl (C=O) groups excluding carboxylic acids is 4. The summed E-state index contributed by atoms with van der Waals surface area (Å²) in [5.41, 5.74) is 1.33. The van der Waals surface area contributed by atoms with Gasteiger partial charge in [0.05, 0.1) is 17.6 Å². The summed E-state index contributed by atoms with van der Waals surface area (Å²) >= 11 is 5.80. The van der Waals surface area contributed by atoms with Crippen molar-refractivity contribution in [3.8, 4) is 0 Å². The van der Waals surface area contributed by atoms with Crippen molar-refractivity contribution in [3.63, 3.8) is 0 Å². The summed E-state index contributed by atoms with van der Waals surface area (Å²) in [4.78, 5) is 50.3. The van der Waals surface area contributed by atoms with Gasteiger partial charge in [0, 0.05) is 29.2 Å². The molecule has 3 rings (SSSR count). The molecule has 2 aromatic rings. The van der Waals surface area contributed by atoms with Gasteiger partial charge in [-0.1, -0.05) is 11.6 Å². The molecular formula is C23H22ClNO6. The highest BCUT2D eigenvalue weighted by molar-refractivity contribution is 6.30. The maximum absolute atomic E-state index is 12.4. The van der Waals surface area contributed by atoms with Crippen LogP contribution in [0.2, 0.25) is 5.02 Å². The van der Waals surface area contributed by atoms with Crippen LogP contribution in [-0.2, 0) is 19.1 Å². The van der Waals surface area contributed by atoms with Gasteiger partial charge in [-0.05, 0) is 62.4 Å². The van der Waals surface area contributed by atoms with E-state index in [1.807, 2.05) is 0 Å². The van der Waals surface area contributed by atoms with E-state index in [1.165, 1.54) is 4.90 Å². The van der Waals surface area contributed by atoms with E-state index in [0.717, 1.165) is 0 Å². The molecular weight excluding hydrogens is 422 g/mol. The van der Waals surface area contributed by atoms with Gasteiger partial charge in [0.25, 0.3) is 0 Å². The number of Topliss-reactive ketones (excluding diaryl/α,β-unsaturated/α-hetero) is 1. The monoisotopic (exact) mass is 443 g/mol. The Hall–Kier alpha value is -3.19. The lowest BCUT2D eigenvalue weighted by atomic mass is 10.1. The number of hydrogen-bond donors (Lipinski definition) is 0. The number of benzene rings is 2. The Bertz CT molecular complexity index is 984. The predicted molar refractivity (Wildman–Crippen MR) is 114 cm³/mol. The zero-order chi connectivity index (χ0) is 22.5. The molecule has 1 saturated heterocycles. The van der Waals surface area contributed by atoms with E-state index in [2.05, 4.69) is 0 Å². The Morgan fingerprint density at radius 1 is 1.03 bits per heavy atom. The quantitative estimate of drug-likeness (QED) is 0.479. The molecule has 0 unspecified atom stereocenters. The average molecular weight is 444 g/mol. The highest BCUT2D eigenvalue weighted by Gasteiger charge is 2.36. The van der Waals surface area contributed by atoms with Crippen molar-refractivity contribution in [2.24, 2.45) is 5.92 Å². The van der Waals surface area contributed by atoms with Gasteiger partial charge in [-0.15, -0.1) is 0 Å². The minimum Gasteiger partial charge on any atom is -0.459 e. The standard InChI is InChI=1S/C23H22ClNO6/c1-14(2)31-23(29)16-5-9-19(10-6-16)25-12-17(11-21(25)27)22(28)30-13-20(26)15-3-7-18(24)8-4-15/h3-10,14,17H,11-13H2,1-2H3/t17-/m0/s1. The second-order valence-electron chi connectivity index (χ2n) is 7.44. The lowest BCUT2D eigenvalue weighted by Crippen LogP contribution is -2.27. The smallest absolute Gasteiger partial charge is 0.338 e. The molecule has 31 heavy (non-hydrogen) atoms. The van der Waals surface area contributed by atoms with Crippen molar-refractivity contribution in [2.75, 3.05) is 18.1 Å². The molecule has 0 saturated carbocycles. The molecule has 8 heteroatoms. The van der Waals surface area contributed by atoms with Crippen LogP contribution in [0.25, 0.3) is 0 Å². The third-order valence-electron chi connectivity index (χ3n) is 4.73. The average Bonchev–Trinajstić information content (AvgIpc) is 3.13. The Morgan fingerprint density at radius 3 is 2.26 bits per heavy atom. The molecule has 1 atom stereocenters. The van der Waals surface area contributed by atoms with E-state index in [9.17, 15) is 19.2 Å². The van der Waals surface area contributed by atoms with Gasteiger partial charge in [-0.3, -0.25) is 14.4 Å². The van der Waals surface area contributed by atoms with Crippen molar-refractivity contribution in [3.05, 3.63) is 64.7 Å². The molecule has 0 N–H and O–H groups in total. The molecule has 0 spiro atoms. The number of ether oxygens (including phenoxy) is 2. The Morgan fingerprint density at radius 2 is 1.65 bits per heavy atom. The van der Waals surface area contributed by atoms with Gasteiger partial charge >= 0.3 is 11.9 Å². The van der Waals surface area contributed by atoms with Crippen LogP contribution in [0.3, 0.4) is 0 Å². The number of halogens is 1. The van der Waals surface area contributed by atoms with Gasteiger partial charge in [0.15, 0.2) is 12.4 Å². The maximum atomic E-state index is 12.4. The second kappa shape index (κ2) is 9.75. The molecule has 2 aromatic carbocycles. The summed E-state index contributed by atoms with van der Waals surface area (Å²) in [6.07, 6.45) is -0.240. The number of amides is 1. The normalized spacial score (nSPS) is 15.8. The van der Waals surface area contributed by atoms with Crippen LogP contribution in [0.4, 0.5) is 5.69 Å². The van der Waals surface area contributed by atoms with Crippen LogP contribution in [-0.4, -0.2) is 42.9 Å². The number of nitrogens with zero attached hydrogens (tertiary/aromatic N) is 1. The molecule has 0 aromatic heterocycles. The molecule has 1 aliphatic heterocycles. The summed E-state index contributed by atoms with van der Waals surface area (Å²) in [5.74, 6) is -2.30. The van der Waals surface area contributed by atoms with Crippen LogP contribution >= 0.6 is 11.6 Å². The van der Waals surface area contributed by atoms with E-state index < -0.39 is 24.5 Å². The lowest BCUT2D eigenvalue weighted by Gasteiger charge is -2.17. The van der Waals surface area contributed by atoms with E-state index >= 15 is 0 Å². The molecule has 0 radical (unpaired) electrons. The first kappa shape index (κ1) is 22.5. The van der Waals surface area contributed by atoms with Crippen molar-refractivity contribution in [1.82, 2.24) is 0 Å². The first-order chi connectivity index (χ1) is 14.7. The summed E-state index contributed by atoms with van der Waals surface area (Å²) in [5, 5.41) is 0.503. The minimum absolute atomic E-state index is 0.00882. The number of ketones is 1. The van der Waals surface area contributed by atoms with Crippen molar-refractivity contribution < 1.29 is 28.7 Å². The van der Waals surface area contributed by atoms with Gasteiger partial charge in [0.1, 0.15) is 0 Å². The number of rotatable bonds is 7. The van der Waals surface area contributed by atoms with Crippen LogP contribution in [0, 0.1) is 5.92 Å². The highest BCUT2D eigenvalue weighted by Crippen LogP contribution is 2.26. The number of esters is 2. The number of hydrogen-bond acceptors (Lipinski definition) is 6. The lowest BCUT2D eigenvalue weighted by molar-refractivity contribution is -0.147. The van der Waals surface area contributed by atoms with Crippen molar-refractivity contribution in [1.29, 1.82) is 0 Å². The number of carbonyl (C=O) groups is 4. The summed E-state index contributed by atoms with van der Waals surface area (Å²) in [7, 11) is 0. The van der Waals surface area contributed by atoms with Gasteiger partial charge in [-0.25, -0.2) is 4.79 Å². The summed E-state index contributed by atoms with van der Waals surface area (Å²) < 4.78 is 10.3. The van der Waals surface area contributed by atoms with Crippen LogP contribution < -0.4 is 4.90 Å². The Labute approximate surface area is 184 Å². The topological polar surface area (TPSA) is 90.0 Å². The first-order valence-corrected chi connectivity index (χ1v) is 10.2. The molecule has 7 nitrogen and oxygen atoms in total. The van der Waals surface area contributed by atoms with Gasteiger partial charge in [0.2, 0.25) is 5.91 Å². The molecule has 0 bridgehead atoms. The molecule has 162 valence electrons. The Balaban J connectivity index is 1.56. The van der Waals surface area contributed by atoms with Crippen LogP contribution in [0.5, 0.6) is 0 Å². The van der Waals surface area contributed by atoms with E-state index in [4.69, 9.17) is 21.1 Å². The molecule has 1 aliphatic rings. The molecule has 1 amide bonds. The predicted octanol–water partition coefficient (Wildman–Crippen LogP) is 3.68. The summed E-state index contributed by atoms with van der Waals surface area (Å²) in [6.45, 7) is 3.26. The van der Waals surface area contributed by atoms with Crippen LogP contribution in [0.1, 0.15) is 41.0 Å². The molecule has 0 aliphatic carbocycles. The maximum Gasteiger partial charge on any atom is 0.338 e. The third-order valence-corrected chi connectivity index (χ3v) is 4.98. The zero-order valence-corrected chi connectivity index (χ0v) is 17.9. The largest absolute Gasteiger partial charge is 0.459 e. The Kier molecular flexibility index (Phi) is 7.07. The number of anilines is 1. The fourth-order valence-corrected chi connectivity index (χ4v) is 3.27.